The van der Waals surface area contributed by atoms with E-state index >= 15 is 0 Å². The molecular weight excluding hydrogens is 656 g/mol. The molecular formula is C35H64N2O13. The molecule has 0 aliphatic carbocycles. The van der Waals surface area contributed by atoms with Crippen molar-refractivity contribution in [1.29, 1.82) is 0 Å². The molecule has 6 N–H and O–H groups in total. The van der Waals surface area contributed by atoms with Crippen molar-refractivity contribution in [2.75, 3.05) is 13.7 Å². The van der Waals surface area contributed by atoms with Gasteiger partial charge in [0.15, 0.2) is 12.6 Å². The van der Waals surface area contributed by atoms with Gasteiger partial charge >= 0.3 is 5.97 Å². The van der Waals surface area contributed by atoms with Crippen molar-refractivity contribution in [3.05, 3.63) is 4.91 Å². The predicted octanol–water partition coefficient (Wildman–Crippen LogP) is 1.76. The molecule has 0 unspecified atom stereocenters. The Hall–Kier alpha value is -1.37. The largest absolute Gasteiger partial charge is 0.459 e. The van der Waals surface area contributed by atoms with E-state index in [-0.39, 0.29) is 31.6 Å². The molecule has 3 aliphatic heterocycles. The van der Waals surface area contributed by atoms with Gasteiger partial charge in [-0.2, -0.15) is 4.91 Å². The van der Waals surface area contributed by atoms with Crippen LogP contribution in [0.25, 0.3) is 0 Å². The number of nitrogens with one attached hydrogen (secondary N) is 1. The van der Waals surface area contributed by atoms with Crippen LogP contribution in [0.4, 0.5) is 0 Å². The fourth-order valence-corrected chi connectivity index (χ4v) is 7.95. The molecule has 3 heterocycles. The topological polar surface area (TPSA) is 215 Å². The second-order valence-corrected chi connectivity index (χ2v) is 15.8. The van der Waals surface area contributed by atoms with Crippen molar-refractivity contribution in [2.45, 2.75) is 185 Å². The summed E-state index contributed by atoms with van der Waals surface area (Å²) in [4.78, 5) is 25.7. The molecule has 18 atom stereocenters. The van der Waals surface area contributed by atoms with E-state index in [1.807, 2.05) is 6.92 Å². The highest BCUT2D eigenvalue weighted by Crippen LogP contribution is 2.39. The summed E-state index contributed by atoms with van der Waals surface area (Å²) in [6.07, 6.45) is -9.96. The fraction of sp³-hybridized carbons (Fsp3) is 0.971. The van der Waals surface area contributed by atoms with Gasteiger partial charge in [-0.15, -0.1) is 0 Å². The minimum Gasteiger partial charge on any atom is -0.459 e. The van der Waals surface area contributed by atoms with Crippen LogP contribution in [0.2, 0.25) is 0 Å². The van der Waals surface area contributed by atoms with Gasteiger partial charge in [-0.1, -0.05) is 25.9 Å². The molecule has 0 bridgehead atoms. The number of rotatable bonds is 7. The quantitative estimate of drug-likeness (QED) is 0.163. The number of esters is 1. The molecule has 0 spiro atoms. The summed E-state index contributed by atoms with van der Waals surface area (Å²) in [6, 6.07) is -1.62. The van der Waals surface area contributed by atoms with E-state index in [4.69, 9.17) is 28.4 Å². The first-order valence-electron chi connectivity index (χ1n) is 18.1. The Balaban J connectivity index is 2.14. The molecule has 0 aromatic rings. The third-order valence-corrected chi connectivity index (χ3v) is 11.2. The van der Waals surface area contributed by atoms with E-state index < -0.39 is 108 Å². The third kappa shape index (κ3) is 9.59. The van der Waals surface area contributed by atoms with Gasteiger partial charge in [0.2, 0.25) is 0 Å². The zero-order chi connectivity index (χ0) is 37.9. The summed E-state index contributed by atoms with van der Waals surface area (Å²) in [5.74, 6) is -2.85. The van der Waals surface area contributed by atoms with E-state index in [0.717, 1.165) is 0 Å². The lowest BCUT2D eigenvalue weighted by Gasteiger charge is -2.48. The monoisotopic (exact) mass is 720 g/mol. The number of hydrogen-bond donors (Lipinski definition) is 6. The van der Waals surface area contributed by atoms with Crippen LogP contribution in [-0.2, 0) is 33.2 Å². The molecule has 0 aromatic heterocycles. The molecule has 3 saturated heterocycles. The van der Waals surface area contributed by atoms with E-state index in [0.29, 0.717) is 6.54 Å². The Bertz CT molecular complexity index is 1110. The summed E-state index contributed by atoms with van der Waals surface area (Å²) >= 11 is 0. The first-order chi connectivity index (χ1) is 23.1. The average Bonchev–Trinajstić information content (AvgIpc) is 3.05. The molecule has 50 heavy (non-hydrogen) atoms. The Morgan fingerprint density at radius 2 is 1.60 bits per heavy atom. The van der Waals surface area contributed by atoms with Crippen molar-refractivity contribution in [3.63, 3.8) is 0 Å². The highest BCUT2D eigenvalue weighted by Gasteiger charge is 2.52. The Morgan fingerprint density at radius 1 is 0.960 bits per heavy atom. The highest BCUT2D eigenvalue weighted by atomic mass is 16.7. The number of cyclic esters (lactones) is 1. The smallest absolute Gasteiger partial charge is 0.311 e. The molecule has 3 aliphatic rings. The fourth-order valence-electron chi connectivity index (χ4n) is 7.95. The molecule has 0 radical (unpaired) electrons. The Labute approximate surface area is 296 Å². The van der Waals surface area contributed by atoms with Crippen LogP contribution < -0.4 is 5.32 Å². The maximum absolute atomic E-state index is 14.1. The Kier molecular flexibility index (Phi) is 14.8. The lowest BCUT2D eigenvalue weighted by atomic mass is 9.77. The van der Waals surface area contributed by atoms with Gasteiger partial charge < -0.3 is 59.3 Å². The van der Waals surface area contributed by atoms with Gasteiger partial charge in [-0.3, -0.25) is 4.79 Å². The first-order valence-corrected chi connectivity index (χ1v) is 18.1. The van der Waals surface area contributed by atoms with Gasteiger partial charge in [0.1, 0.15) is 36.1 Å². The van der Waals surface area contributed by atoms with E-state index in [1.165, 1.54) is 14.0 Å². The van der Waals surface area contributed by atoms with Crippen molar-refractivity contribution >= 4 is 5.97 Å². The van der Waals surface area contributed by atoms with Gasteiger partial charge in [0.05, 0.1) is 41.5 Å². The van der Waals surface area contributed by atoms with Crippen LogP contribution in [0.15, 0.2) is 5.18 Å². The number of carbonyl (C=O) groups is 1. The molecule has 0 amide bonds. The molecule has 15 nitrogen and oxygen atoms in total. The molecule has 0 saturated carbocycles. The normalized spacial score (nSPS) is 50.5. The number of carbonyl (C=O) groups excluding carboxylic acids is 1. The molecule has 3 rings (SSSR count). The molecule has 15 heteroatoms. The summed E-state index contributed by atoms with van der Waals surface area (Å²) in [7, 11) is 1.48. The zero-order valence-corrected chi connectivity index (χ0v) is 31.6. The number of nitrogens with zero attached hydrogens (tertiary/aromatic N) is 1. The summed E-state index contributed by atoms with van der Waals surface area (Å²) in [5, 5.41) is 63.3. The number of aliphatic hydroxyl groups is 5. The molecule has 292 valence electrons. The van der Waals surface area contributed by atoms with Crippen LogP contribution in [0, 0.1) is 22.7 Å². The van der Waals surface area contributed by atoms with Crippen LogP contribution in [0.5, 0.6) is 0 Å². The minimum absolute atomic E-state index is 0.0929. The third-order valence-electron chi connectivity index (χ3n) is 11.2. The number of aliphatic hydroxyl groups excluding tert-OH is 3. The standard InChI is InChI=1S/C35H64N2O13/c1-12-24-35(10,43)28(39)21(6)36-16-17(2)14-33(8,42)30(50-32-26(38)23(37-44)13-18(3)46-32)19(4)27(20(5)31(41)48-24)49-25-15-34(9,45-11)29(40)22(7)47-25/h17-30,32,36,38-40,42-43H,12-16H2,1-11H3/t17-,18-,19+,20-,21-,22+,23+,24-,25+,26-,27+,28-,29+,30-,32+,33-,34-,35-/m1/s1. The SMILES string of the molecule is CC[C@H]1OC(=O)[C@H](C)[C@@H](O[C@H]2C[C@@](C)(OC)[C@@H](O)[C@H](C)O2)[C@H](C)[C@@H](O[C@@H]2O[C@H](C)C[C@H](N=O)[C@H]2O)[C@](C)(O)C[C@@H](C)CN[C@H](C)[C@@H](O)[C@]1(C)O. The number of methoxy groups -OCH3 is 1. The van der Waals surface area contributed by atoms with Gasteiger partial charge in [-0.25, -0.2) is 0 Å². The van der Waals surface area contributed by atoms with Gasteiger partial charge in [0, 0.05) is 31.9 Å². The van der Waals surface area contributed by atoms with Crippen LogP contribution >= 0.6 is 0 Å². The summed E-state index contributed by atoms with van der Waals surface area (Å²) < 4.78 is 36.7. The van der Waals surface area contributed by atoms with Gasteiger partial charge in [0.25, 0.3) is 0 Å². The highest BCUT2D eigenvalue weighted by molar-refractivity contribution is 5.73. The summed E-state index contributed by atoms with van der Waals surface area (Å²) in [5.41, 5.74) is -4.52. The predicted molar refractivity (Wildman–Crippen MR) is 182 cm³/mol. The number of nitroso groups, excluding NO2 is 1. The minimum atomic E-state index is -1.83. The van der Waals surface area contributed by atoms with E-state index in [1.54, 1.807) is 55.4 Å². The lowest BCUT2D eigenvalue weighted by molar-refractivity contribution is -0.315. The maximum Gasteiger partial charge on any atom is 0.311 e. The van der Waals surface area contributed by atoms with Crippen molar-refractivity contribution in [2.24, 2.45) is 22.9 Å². The maximum atomic E-state index is 14.1. The van der Waals surface area contributed by atoms with E-state index in [2.05, 4.69) is 10.5 Å². The van der Waals surface area contributed by atoms with Crippen molar-refractivity contribution < 1.29 is 58.7 Å². The van der Waals surface area contributed by atoms with Crippen molar-refractivity contribution in [3.8, 4) is 0 Å². The second kappa shape index (κ2) is 17.2. The summed E-state index contributed by atoms with van der Waals surface area (Å²) in [6.45, 7) is 17.2. The van der Waals surface area contributed by atoms with Gasteiger partial charge in [-0.05, 0) is 73.8 Å². The number of hydrogen-bond acceptors (Lipinski definition) is 15. The lowest BCUT2D eigenvalue weighted by Crippen LogP contribution is -2.59. The molecule has 0 aromatic carbocycles. The number of ether oxygens (including phenoxy) is 6. The van der Waals surface area contributed by atoms with Crippen LogP contribution in [0.1, 0.15) is 94.9 Å². The Morgan fingerprint density at radius 3 is 2.18 bits per heavy atom. The zero-order valence-electron chi connectivity index (χ0n) is 31.6. The van der Waals surface area contributed by atoms with Crippen LogP contribution in [0.3, 0.4) is 0 Å². The average molecular weight is 721 g/mol. The first kappa shape index (κ1) is 43.0. The van der Waals surface area contributed by atoms with E-state index in [9.17, 15) is 35.2 Å². The second-order valence-electron chi connectivity index (χ2n) is 15.8. The van der Waals surface area contributed by atoms with Crippen LogP contribution in [-0.4, -0.2) is 135 Å². The van der Waals surface area contributed by atoms with Crippen molar-refractivity contribution in [1.82, 2.24) is 5.32 Å². The molecule has 3 fully saturated rings.